The second-order valence-electron chi connectivity index (χ2n) is 5.97. The molecule has 3 rings (SSSR count). The van der Waals surface area contributed by atoms with Crippen molar-refractivity contribution in [1.82, 2.24) is 10.3 Å². The predicted molar refractivity (Wildman–Crippen MR) is 106 cm³/mol. The van der Waals surface area contributed by atoms with E-state index in [-0.39, 0.29) is 5.82 Å². The van der Waals surface area contributed by atoms with Crippen LogP contribution in [0, 0.1) is 5.82 Å². The van der Waals surface area contributed by atoms with Crippen molar-refractivity contribution in [3.05, 3.63) is 87.9 Å². The van der Waals surface area contributed by atoms with Crippen LogP contribution in [0.5, 0.6) is 11.5 Å². The number of rotatable bonds is 8. The van der Waals surface area contributed by atoms with Crippen molar-refractivity contribution in [2.45, 2.75) is 19.7 Å². The summed E-state index contributed by atoms with van der Waals surface area (Å²) in [5.74, 6) is 1.02. The van der Waals surface area contributed by atoms with Gasteiger partial charge in [0, 0.05) is 30.0 Å². The summed E-state index contributed by atoms with van der Waals surface area (Å²) in [6.07, 6.45) is 3.56. The Morgan fingerprint density at radius 2 is 1.70 bits per heavy atom. The number of pyridine rings is 1. The summed E-state index contributed by atoms with van der Waals surface area (Å²) in [6, 6.07) is 14.1. The minimum absolute atomic E-state index is 0.261. The quantitative estimate of drug-likeness (QED) is 0.553. The Hall–Kier alpha value is -2.44. The Bertz CT molecular complexity index is 873. The Morgan fingerprint density at radius 1 is 0.963 bits per heavy atom. The van der Waals surface area contributed by atoms with Crippen LogP contribution in [0.3, 0.4) is 0 Å². The number of aromatic nitrogens is 1. The summed E-state index contributed by atoms with van der Waals surface area (Å²) in [6.45, 7) is 1.76. The lowest BCUT2D eigenvalue weighted by molar-refractivity contribution is 0.284. The van der Waals surface area contributed by atoms with E-state index in [2.05, 4.69) is 26.2 Å². The highest BCUT2D eigenvalue weighted by Crippen LogP contribution is 2.34. The van der Waals surface area contributed by atoms with Gasteiger partial charge in [0.05, 0.1) is 7.11 Å². The van der Waals surface area contributed by atoms with Crippen LogP contribution in [-0.2, 0) is 19.7 Å². The fourth-order valence-electron chi connectivity index (χ4n) is 2.57. The van der Waals surface area contributed by atoms with Crippen LogP contribution < -0.4 is 14.8 Å². The maximum atomic E-state index is 13.0. The molecule has 1 heterocycles. The third-order valence-corrected chi connectivity index (χ3v) is 4.77. The molecule has 0 spiro atoms. The van der Waals surface area contributed by atoms with E-state index in [1.165, 1.54) is 17.7 Å². The molecule has 1 N–H and O–H groups in total. The van der Waals surface area contributed by atoms with E-state index in [0.717, 1.165) is 22.1 Å². The third-order valence-electron chi connectivity index (χ3n) is 4.03. The smallest absolute Gasteiger partial charge is 0.162 e. The zero-order valence-corrected chi connectivity index (χ0v) is 16.5. The molecule has 0 fully saturated rings. The van der Waals surface area contributed by atoms with Gasteiger partial charge < -0.3 is 14.8 Å². The standard InChI is InChI=1S/C21H20BrFN2O2/c1-26-20-10-17(13-25-12-15-6-8-24-9-7-15)19(22)11-21(20)27-14-16-2-4-18(23)5-3-16/h2-11,25H,12-14H2,1H3. The first-order valence-electron chi connectivity index (χ1n) is 8.49. The van der Waals surface area contributed by atoms with Gasteiger partial charge in [-0.15, -0.1) is 0 Å². The van der Waals surface area contributed by atoms with Crippen LogP contribution in [0.4, 0.5) is 4.39 Å². The largest absolute Gasteiger partial charge is 0.493 e. The fourth-order valence-corrected chi connectivity index (χ4v) is 3.03. The van der Waals surface area contributed by atoms with E-state index in [1.54, 1.807) is 31.6 Å². The van der Waals surface area contributed by atoms with E-state index in [0.29, 0.717) is 24.7 Å². The molecule has 6 heteroatoms. The highest BCUT2D eigenvalue weighted by atomic mass is 79.9. The minimum atomic E-state index is -0.261. The molecule has 0 aliphatic carbocycles. The van der Waals surface area contributed by atoms with Crippen molar-refractivity contribution in [2.24, 2.45) is 0 Å². The highest BCUT2D eigenvalue weighted by Gasteiger charge is 2.11. The number of hydrogen-bond acceptors (Lipinski definition) is 4. The monoisotopic (exact) mass is 430 g/mol. The second-order valence-corrected chi connectivity index (χ2v) is 6.82. The van der Waals surface area contributed by atoms with E-state index in [9.17, 15) is 4.39 Å². The van der Waals surface area contributed by atoms with Crippen LogP contribution in [0.2, 0.25) is 0 Å². The van der Waals surface area contributed by atoms with Gasteiger partial charge in [0.25, 0.3) is 0 Å². The molecule has 3 aromatic rings. The molecule has 2 aromatic carbocycles. The van der Waals surface area contributed by atoms with Gasteiger partial charge in [0.2, 0.25) is 0 Å². The first kappa shape index (κ1) is 19.3. The molecule has 1 aromatic heterocycles. The van der Waals surface area contributed by atoms with Gasteiger partial charge in [-0.3, -0.25) is 4.98 Å². The summed E-state index contributed by atoms with van der Waals surface area (Å²) < 4.78 is 25.3. The molecule has 4 nitrogen and oxygen atoms in total. The highest BCUT2D eigenvalue weighted by molar-refractivity contribution is 9.10. The van der Waals surface area contributed by atoms with Gasteiger partial charge in [-0.2, -0.15) is 0 Å². The van der Waals surface area contributed by atoms with E-state index < -0.39 is 0 Å². The summed E-state index contributed by atoms with van der Waals surface area (Å²) in [7, 11) is 1.61. The molecule has 0 saturated heterocycles. The SMILES string of the molecule is COc1cc(CNCc2ccncc2)c(Br)cc1OCc1ccc(F)cc1. The van der Waals surface area contributed by atoms with Crippen LogP contribution in [0.25, 0.3) is 0 Å². The number of halogens is 2. The maximum absolute atomic E-state index is 13.0. The average Bonchev–Trinajstić information content (AvgIpc) is 2.69. The average molecular weight is 431 g/mol. The normalized spacial score (nSPS) is 10.6. The van der Waals surface area contributed by atoms with E-state index in [1.807, 2.05) is 24.3 Å². The zero-order chi connectivity index (χ0) is 19.1. The molecule has 0 aliphatic rings. The van der Waals surface area contributed by atoms with Gasteiger partial charge in [-0.05, 0) is 53.1 Å². The van der Waals surface area contributed by atoms with Gasteiger partial charge in [0.15, 0.2) is 11.5 Å². The van der Waals surface area contributed by atoms with E-state index in [4.69, 9.17) is 9.47 Å². The lowest BCUT2D eigenvalue weighted by atomic mass is 10.2. The van der Waals surface area contributed by atoms with Crippen LogP contribution in [-0.4, -0.2) is 12.1 Å². The summed E-state index contributed by atoms with van der Waals surface area (Å²) >= 11 is 3.60. The molecule has 0 saturated carbocycles. The molecule has 140 valence electrons. The number of hydrogen-bond donors (Lipinski definition) is 1. The van der Waals surface area contributed by atoms with Gasteiger partial charge in [-0.25, -0.2) is 4.39 Å². The van der Waals surface area contributed by atoms with Gasteiger partial charge in [-0.1, -0.05) is 28.1 Å². The molecule has 0 amide bonds. The Kier molecular flexibility index (Phi) is 6.79. The number of ether oxygens (including phenoxy) is 2. The van der Waals surface area contributed by atoms with Gasteiger partial charge in [0.1, 0.15) is 12.4 Å². The minimum Gasteiger partial charge on any atom is -0.493 e. The topological polar surface area (TPSA) is 43.4 Å². The van der Waals surface area contributed by atoms with Gasteiger partial charge >= 0.3 is 0 Å². The van der Waals surface area contributed by atoms with Crippen LogP contribution >= 0.6 is 15.9 Å². The number of methoxy groups -OCH3 is 1. The maximum Gasteiger partial charge on any atom is 0.162 e. The molecule has 0 radical (unpaired) electrons. The van der Waals surface area contributed by atoms with Crippen LogP contribution in [0.15, 0.2) is 65.4 Å². The fraction of sp³-hybridized carbons (Fsp3) is 0.190. The molecular weight excluding hydrogens is 411 g/mol. The van der Waals surface area contributed by atoms with Crippen molar-refractivity contribution >= 4 is 15.9 Å². The lowest BCUT2D eigenvalue weighted by Gasteiger charge is -2.14. The third kappa shape index (κ3) is 5.52. The van der Waals surface area contributed by atoms with Crippen molar-refractivity contribution in [2.75, 3.05) is 7.11 Å². The molecule has 0 bridgehead atoms. The first-order chi connectivity index (χ1) is 13.2. The molecular formula is C21H20BrFN2O2. The van der Waals surface area contributed by atoms with Crippen molar-refractivity contribution in [3.63, 3.8) is 0 Å². The molecule has 0 unspecified atom stereocenters. The van der Waals surface area contributed by atoms with Crippen LogP contribution in [0.1, 0.15) is 16.7 Å². The second kappa shape index (κ2) is 9.48. The summed E-state index contributed by atoms with van der Waals surface area (Å²) in [5, 5.41) is 3.40. The Morgan fingerprint density at radius 3 is 2.41 bits per heavy atom. The van der Waals surface area contributed by atoms with Crippen molar-refractivity contribution in [3.8, 4) is 11.5 Å². The Labute approximate surface area is 166 Å². The Balaban J connectivity index is 1.64. The number of benzene rings is 2. The zero-order valence-electron chi connectivity index (χ0n) is 14.9. The van der Waals surface area contributed by atoms with E-state index >= 15 is 0 Å². The first-order valence-corrected chi connectivity index (χ1v) is 9.28. The molecule has 27 heavy (non-hydrogen) atoms. The molecule has 0 atom stereocenters. The van der Waals surface area contributed by atoms with Crippen molar-refractivity contribution in [1.29, 1.82) is 0 Å². The molecule has 0 aliphatic heterocycles. The van der Waals surface area contributed by atoms with Crippen molar-refractivity contribution < 1.29 is 13.9 Å². The number of nitrogens with one attached hydrogen (secondary N) is 1. The summed E-state index contributed by atoms with van der Waals surface area (Å²) in [4.78, 5) is 4.02. The number of nitrogens with zero attached hydrogens (tertiary/aromatic N) is 1. The lowest BCUT2D eigenvalue weighted by Crippen LogP contribution is -2.13. The predicted octanol–water partition coefficient (Wildman–Crippen LogP) is 4.86. The summed E-state index contributed by atoms with van der Waals surface area (Å²) in [5.41, 5.74) is 3.13.